The lowest BCUT2D eigenvalue weighted by atomic mass is 10.1. The van der Waals surface area contributed by atoms with Gasteiger partial charge < -0.3 is 4.90 Å². The standard InChI is InChI=1S/C12H12BrNO/c1-14(2)8-7-11(9-15)10-3-5-12(13)6-4-10/h3-8H,1-2H3/b8-7-. The number of benzene rings is 1. The van der Waals surface area contributed by atoms with Gasteiger partial charge in [0.1, 0.15) is 5.94 Å². The highest BCUT2D eigenvalue weighted by Gasteiger charge is 1.98. The Balaban J connectivity index is 2.95. The van der Waals surface area contributed by atoms with Gasteiger partial charge in [0, 0.05) is 18.6 Å². The van der Waals surface area contributed by atoms with Crippen molar-refractivity contribution in [1.29, 1.82) is 0 Å². The molecular formula is C12H12BrNO. The molecule has 0 aliphatic heterocycles. The number of hydrogen-bond donors (Lipinski definition) is 0. The van der Waals surface area contributed by atoms with Gasteiger partial charge in [0.05, 0.1) is 5.57 Å². The van der Waals surface area contributed by atoms with Crippen molar-refractivity contribution in [2.24, 2.45) is 0 Å². The molecule has 0 radical (unpaired) electrons. The topological polar surface area (TPSA) is 20.3 Å². The van der Waals surface area contributed by atoms with Crippen LogP contribution in [0.25, 0.3) is 5.57 Å². The van der Waals surface area contributed by atoms with Crippen molar-refractivity contribution in [3.8, 4) is 0 Å². The molecular weight excluding hydrogens is 254 g/mol. The molecule has 0 amide bonds. The SMILES string of the molecule is CN(C)/C=C\C(=C=O)c1ccc(Br)cc1. The first kappa shape index (κ1) is 11.8. The maximum Gasteiger partial charge on any atom is 0.133 e. The zero-order valence-corrected chi connectivity index (χ0v) is 10.3. The maximum atomic E-state index is 10.8. The molecule has 0 unspecified atom stereocenters. The van der Waals surface area contributed by atoms with Crippen LogP contribution < -0.4 is 0 Å². The van der Waals surface area contributed by atoms with Crippen LogP contribution in [0.4, 0.5) is 0 Å². The molecule has 1 rings (SSSR count). The van der Waals surface area contributed by atoms with E-state index in [1.54, 1.807) is 6.08 Å². The predicted octanol–water partition coefficient (Wildman–Crippen LogP) is 2.74. The fourth-order valence-corrected chi connectivity index (χ4v) is 1.31. The van der Waals surface area contributed by atoms with Crippen molar-refractivity contribution in [3.63, 3.8) is 0 Å². The van der Waals surface area contributed by atoms with Crippen LogP contribution in [-0.4, -0.2) is 24.9 Å². The molecule has 0 aliphatic carbocycles. The average molecular weight is 266 g/mol. The molecule has 0 fully saturated rings. The Morgan fingerprint density at radius 3 is 2.40 bits per heavy atom. The molecule has 15 heavy (non-hydrogen) atoms. The summed E-state index contributed by atoms with van der Waals surface area (Å²) in [5.74, 6) is 1.93. The fourth-order valence-electron chi connectivity index (χ4n) is 1.04. The van der Waals surface area contributed by atoms with E-state index < -0.39 is 0 Å². The van der Waals surface area contributed by atoms with Crippen molar-refractivity contribution in [2.45, 2.75) is 0 Å². The first-order valence-corrected chi connectivity index (χ1v) is 5.28. The van der Waals surface area contributed by atoms with Crippen molar-refractivity contribution < 1.29 is 4.79 Å². The Morgan fingerprint density at radius 2 is 1.93 bits per heavy atom. The van der Waals surface area contributed by atoms with Crippen molar-refractivity contribution in [3.05, 3.63) is 46.6 Å². The predicted molar refractivity (Wildman–Crippen MR) is 66.1 cm³/mol. The summed E-state index contributed by atoms with van der Waals surface area (Å²) in [7, 11) is 3.81. The zero-order chi connectivity index (χ0) is 11.3. The molecule has 0 spiro atoms. The quantitative estimate of drug-likeness (QED) is 0.619. The van der Waals surface area contributed by atoms with Crippen LogP contribution in [0.3, 0.4) is 0 Å². The third-order valence-corrected chi connectivity index (χ3v) is 2.33. The Morgan fingerprint density at radius 1 is 1.33 bits per heavy atom. The molecule has 0 aromatic heterocycles. The van der Waals surface area contributed by atoms with Gasteiger partial charge >= 0.3 is 0 Å². The van der Waals surface area contributed by atoms with E-state index in [9.17, 15) is 4.79 Å². The number of hydrogen-bond acceptors (Lipinski definition) is 2. The summed E-state index contributed by atoms with van der Waals surface area (Å²) < 4.78 is 0.994. The monoisotopic (exact) mass is 265 g/mol. The molecule has 0 atom stereocenters. The lowest BCUT2D eigenvalue weighted by Gasteiger charge is -2.04. The van der Waals surface area contributed by atoms with Crippen LogP contribution in [-0.2, 0) is 4.79 Å². The van der Waals surface area contributed by atoms with E-state index in [1.165, 1.54) is 0 Å². The van der Waals surface area contributed by atoms with Crippen molar-refractivity contribution in [1.82, 2.24) is 4.90 Å². The Labute approximate surface area is 98.0 Å². The number of rotatable bonds is 3. The van der Waals surface area contributed by atoms with Gasteiger partial charge in [-0.15, -0.1) is 0 Å². The van der Waals surface area contributed by atoms with Gasteiger partial charge in [0.2, 0.25) is 0 Å². The second kappa shape index (κ2) is 5.54. The van der Waals surface area contributed by atoms with E-state index in [0.29, 0.717) is 5.57 Å². The summed E-state index contributed by atoms with van der Waals surface area (Å²) in [5, 5.41) is 0. The molecule has 0 aliphatic rings. The molecule has 0 N–H and O–H groups in total. The molecule has 0 bridgehead atoms. The second-order valence-corrected chi connectivity index (χ2v) is 4.22. The minimum Gasteiger partial charge on any atom is -0.383 e. The number of allylic oxidation sites excluding steroid dienone is 2. The molecule has 3 heteroatoms. The number of halogens is 1. The molecule has 0 heterocycles. The molecule has 2 nitrogen and oxygen atoms in total. The lowest BCUT2D eigenvalue weighted by Crippen LogP contribution is -2.00. The van der Waals surface area contributed by atoms with E-state index in [1.807, 2.05) is 55.4 Å². The summed E-state index contributed by atoms with van der Waals surface area (Å²) in [6.07, 6.45) is 3.57. The average Bonchev–Trinajstić information content (AvgIpc) is 2.21. The smallest absolute Gasteiger partial charge is 0.133 e. The first-order valence-electron chi connectivity index (χ1n) is 4.49. The zero-order valence-electron chi connectivity index (χ0n) is 8.70. The third-order valence-electron chi connectivity index (χ3n) is 1.80. The Bertz CT molecular complexity index is 400. The Kier molecular flexibility index (Phi) is 4.35. The summed E-state index contributed by atoms with van der Waals surface area (Å²) in [6, 6.07) is 7.56. The van der Waals surface area contributed by atoms with Crippen LogP contribution in [0.1, 0.15) is 5.56 Å². The van der Waals surface area contributed by atoms with Gasteiger partial charge in [-0.1, -0.05) is 28.1 Å². The summed E-state index contributed by atoms with van der Waals surface area (Å²) in [4.78, 5) is 12.6. The number of nitrogens with zero attached hydrogens (tertiary/aromatic N) is 1. The highest BCUT2D eigenvalue weighted by atomic mass is 79.9. The van der Waals surface area contributed by atoms with Gasteiger partial charge in [-0.25, -0.2) is 4.79 Å². The summed E-state index contributed by atoms with van der Waals surface area (Å²) >= 11 is 3.34. The van der Waals surface area contributed by atoms with Crippen LogP contribution in [0.15, 0.2) is 41.0 Å². The minimum absolute atomic E-state index is 0.552. The molecule has 0 saturated heterocycles. The largest absolute Gasteiger partial charge is 0.383 e. The van der Waals surface area contributed by atoms with Crippen LogP contribution in [0.2, 0.25) is 0 Å². The maximum absolute atomic E-state index is 10.8. The van der Waals surface area contributed by atoms with E-state index >= 15 is 0 Å². The fraction of sp³-hybridized carbons (Fsp3) is 0.167. The second-order valence-electron chi connectivity index (χ2n) is 3.30. The molecule has 78 valence electrons. The molecule has 1 aromatic carbocycles. The Hall–Kier alpha value is -1.31. The van der Waals surface area contributed by atoms with Crippen molar-refractivity contribution in [2.75, 3.05) is 14.1 Å². The van der Waals surface area contributed by atoms with Crippen LogP contribution in [0, 0.1) is 0 Å². The van der Waals surface area contributed by atoms with E-state index in [-0.39, 0.29) is 0 Å². The minimum atomic E-state index is 0.552. The van der Waals surface area contributed by atoms with Gasteiger partial charge in [0.25, 0.3) is 0 Å². The highest BCUT2D eigenvalue weighted by Crippen LogP contribution is 2.16. The summed E-state index contributed by atoms with van der Waals surface area (Å²) in [6.45, 7) is 0. The van der Waals surface area contributed by atoms with Gasteiger partial charge in [0.15, 0.2) is 0 Å². The number of carbonyl (C=O) groups excluding carboxylic acids is 1. The van der Waals surface area contributed by atoms with Crippen molar-refractivity contribution >= 4 is 27.4 Å². The lowest BCUT2D eigenvalue weighted by molar-refractivity contribution is 0.563. The van der Waals surface area contributed by atoms with E-state index in [2.05, 4.69) is 15.9 Å². The molecule has 0 saturated carbocycles. The van der Waals surface area contributed by atoms with Crippen LogP contribution in [0.5, 0.6) is 0 Å². The normalized spacial score (nSPS) is 10.1. The van der Waals surface area contributed by atoms with Gasteiger partial charge in [-0.2, -0.15) is 0 Å². The van der Waals surface area contributed by atoms with Gasteiger partial charge in [-0.3, -0.25) is 0 Å². The third kappa shape index (κ3) is 3.74. The highest BCUT2D eigenvalue weighted by molar-refractivity contribution is 9.10. The van der Waals surface area contributed by atoms with E-state index in [4.69, 9.17) is 0 Å². The first-order chi connectivity index (χ1) is 7.13. The summed E-state index contributed by atoms with van der Waals surface area (Å²) in [5.41, 5.74) is 1.42. The van der Waals surface area contributed by atoms with Crippen LogP contribution >= 0.6 is 15.9 Å². The van der Waals surface area contributed by atoms with E-state index in [0.717, 1.165) is 10.0 Å². The molecule has 1 aromatic rings. The van der Waals surface area contributed by atoms with Gasteiger partial charge in [-0.05, 0) is 30.0 Å².